The number of carbonyl (C=O) groups excluding carboxylic acids is 1. The Morgan fingerprint density at radius 1 is 0.491 bits per heavy atom. The molecule has 1 aliphatic heterocycles. The van der Waals surface area contributed by atoms with Crippen LogP contribution in [0.4, 0.5) is 0 Å². The van der Waals surface area contributed by atoms with Crippen LogP contribution in [0.3, 0.4) is 0 Å². The maximum absolute atomic E-state index is 14.2. The van der Waals surface area contributed by atoms with E-state index in [0.717, 1.165) is 22.6 Å². The van der Waals surface area contributed by atoms with Gasteiger partial charge in [-0.3, -0.25) is 4.79 Å². The average Bonchev–Trinajstić information content (AvgIpc) is 3.16. The van der Waals surface area contributed by atoms with E-state index >= 15 is 0 Å². The zero-order valence-corrected chi connectivity index (χ0v) is 34.3. The number of ketones is 1. The third-order valence-corrected chi connectivity index (χ3v) is 14.4. The summed E-state index contributed by atoms with van der Waals surface area (Å²) in [7, 11) is 2.40. The van der Waals surface area contributed by atoms with E-state index in [9.17, 15) is 4.79 Å². The molecule has 5 aromatic rings. The van der Waals surface area contributed by atoms with Gasteiger partial charge in [0.15, 0.2) is 0 Å². The minimum Gasteiger partial charge on any atom is -0.496 e. The summed E-state index contributed by atoms with van der Waals surface area (Å²) in [4.78, 5) is 14.2. The van der Waals surface area contributed by atoms with Gasteiger partial charge in [-0.05, 0) is 85.6 Å². The van der Waals surface area contributed by atoms with Crippen molar-refractivity contribution in [2.24, 2.45) is 0 Å². The van der Waals surface area contributed by atoms with Gasteiger partial charge in [0.05, 0.1) is 14.2 Å². The van der Waals surface area contributed by atoms with Gasteiger partial charge in [-0.15, -0.1) is 0 Å². The topological polar surface area (TPSA) is 35.5 Å². The molecule has 53 heavy (non-hydrogen) atoms. The van der Waals surface area contributed by atoms with Gasteiger partial charge in [0.25, 0.3) is 0 Å². The lowest BCUT2D eigenvalue weighted by Gasteiger charge is -2.42. The van der Waals surface area contributed by atoms with Gasteiger partial charge in [0, 0.05) is 35.3 Å². The standard InChI is InChI=1S/C49H57O3P/c1-30(2)35-20-15-21-36(31(3)4)47(35)41-24-17-25-42(48-37(32(5)6)22-16-23-38(48)33(7)8)49(41)53-45(39-18-11-13-26-43(39)51-9)28-34(50)29-46(53)40-19-12-14-27-44(40)52-10/h11-27,30-33,45-46H,28-29H2,1-10H3. The molecular weight excluding hydrogens is 668 g/mol. The predicted octanol–water partition coefficient (Wildman–Crippen LogP) is 13.5. The second-order valence-corrected chi connectivity index (χ2v) is 18.3. The van der Waals surface area contributed by atoms with Crippen LogP contribution >= 0.6 is 7.92 Å². The van der Waals surface area contributed by atoms with Gasteiger partial charge < -0.3 is 9.47 Å². The average molecular weight is 725 g/mol. The van der Waals surface area contributed by atoms with Crippen molar-refractivity contribution < 1.29 is 14.3 Å². The van der Waals surface area contributed by atoms with E-state index in [0.29, 0.717) is 36.5 Å². The maximum Gasteiger partial charge on any atom is 0.134 e. The van der Waals surface area contributed by atoms with Crippen LogP contribution in [0.1, 0.15) is 137 Å². The fourth-order valence-corrected chi connectivity index (χ4v) is 12.4. The lowest BCUT2D eigenvalue weighted by Crippen LogP contribution is -2.27. The molecule has 5 aromatic carbocycles. The van der Waals surface area contributed by atoms with Crippen molar-refractivity contribution in [3.63, 3.8) is 0 Å². The molecule has 1 heterocycles. The second-order valence-electron chi connectivity index (χ2n) is 15.8. The van der Waals surface area contributed by atoms with Gasteiger partial charge in [-0.1, -0.05) is 154 Å². The molecule has 0 aromatic heterocycles. The van der Waals surface area contributed by atoms with Gasteiger partial charge in [-0.25, -0.2) is 0 Å². The second kappa shape index (κ2) is 16.4. The highest BCUT2D eigenvalue weighted by Gasteiger charge is 2.44. The Balaban J connectivity index is 1.85. The lowest BCUT2D eigenvalue weighted by molar-refractivity contribution is -0.119. The summed E-state index contributed by atoms with van der Waals surface area (Å²) in [6.45, 7) is 18.5. The molecule has 2 unspecified atom stereocenters. The quantitative estimate of drug-likeness (QED) is 0.127. The van der Waals surface area contributed by atoms with Crippen molar-refractivity contribution in [3.05, 3.63) is 137 Å². The molecule has 0 radical (unpaired) electrons. The largest absolute Gasteiger partial charge is 0.496 e. The number of methoxy groups -OCH3 is 2. The fraction of sp³-hybridized carbons (Fsp3) is 0.367. The van der Waals surface area contributed by atoms with Gasteiger partial charge >= 0.3 is 0 Å². The Bertz CT molecular complexity index is 1880. The number of rotatable bonds is 11. The zero-order chi connectivity index (χ0) is 38.0. The fourth-order valence-electron chi connectivity index (χ4n) is 8.59. The minimum absolute atomic E-state index is 0.0698. The SMILES string of the molecule is COc1ccccc1C1CC(=O)CC(c2ccccc2OC)P1c1c(-c2c(C(C)C)cccc2C(C)C)cccc1-c1c(C(C)C)cccc1C(C)C. The van der Waals surface area contributed by atoms with Gasteiger partial charge in [-0.2, -0.15) is 0 Å². The van der Waals surface area contributed by atoms with E-state index < -0.39 is 7.92 Å². The summed E-state index contributed by atoms with van der Waals surface area (Å²) in [5, 5.41) is 1.38. The van der Waals surface area contributed by atoms with Gasteiger partial charge in [0.2, 0.25) is 0 Å². The summed E-state index contributed by atoms with van der Waals surface area (Å²) in [5.74, 6) is 3.26. The molecule has 1 fully saturated rings. The normalized spacial score (nSPS) is 17.6. The van der Waals surface area contributed by atoms with E-state index in [-0.39, 0.29) is 17.1 Å². The number of carbonyl (C=O) groups is 1. The molecule has 0 amide bonds. The highest BCUT2D eigenvalue weighted by Crippen LogP contribution is 2.70. The first-order valence-corrected chi connectivity index (χ1v) is 20.9. The molecule has 0 saturated carbocycles. The molecule has 4 heteroatoms. The van der Waals surface area contributed by atoms with E-state index in [2.05, 4.69) is 146 Å². The predicted molar refractivity (Wildman–Crippen MR) is 226 cm³/mol. The highest BCUT2D eigenvalue weighted by molar-refractivity contribution is 7.67. The Kier molecular flexibility index (Phi) is 11.9. The summed E-state index contributed by atoms with van der Waals surface area (Å²) >= 11 is 0. The number of Topliss-reactive ketones (excluding diaryl/α,β-unsaturated/α-hetero) is 1. The first-order chi connectivity index (χ1) is 25.5. The molecule has 6 rings (SSSR count). The summed E-state index contributed by atoms with van der Waals surface area (Å²) in [5.41, 5.74) is 12.8. The zero-order valence-electron chi connectivity index (χ0n) is 33.4. The van der Waals surface area contributed by atoms with Crippen molar-refractivity contribution in [1.82, 2.24) is 0 Å². The van der Waals surface area contributed by atoms with Crippen molar-refractivity contribution in [3.8, 4) is 33.8 Å². The van der Waals surface area contributed by atoms with Crippen molar-refractivity contribution in [2.45, 2.75) is 103 Å². The summed E-state index contributed by atoms with van der Waals surface area (Å²) < 4.78 is 12.2. The smallest absolute Gasteiger partial charge is 0.134 e. The van der Waals surface area contributed by atoms with Crippen LogP contribution in [0.5, 0.6) is 11.5 Å². The van der Waals surface area contributed by atoms with E-state index in [1.54, 1.807) is 14.2 Å². The molecule has 0 N–H and O–H groups in total. The molecule has 3 nitrogen and oxygen atoms in total. The number of benzene rings is 5. The van der Waals surface area contributed by atoms with Crippen LogP contribution in [-0.4, -0.2) is 20.0 Å². The maximum atomic E-state index is 14.2. The molecule has 0 bridgehead atoms. The Morgan fingerprint density at radius 2 is 0.830 bits per heavy atom. The molecule has 276 valence electrons. The first kappa shape index (κ1) is 38.5. The van der Waals surface area contributed by atoms with Crippen LogP contribution in [0.15, 0.2) is 103 Å². The number of hydrogen-bond acceptors (Lipinski definition) is 3. The van der Waals surface area contributed by atoms with Crippen LogP contribution in [0, 0.1) is 0 Å². The third kappa shape index (κ3) is 7.48. The number of hydrogen-bond donors (Lipinski definition) is 0. The molecule has 0 aliphatic carbocycles. The monoisotopic (exact) mass is 724 g/mol. The van der Waals surface area contributed by atoms with E-state index in [1.165, 1.54) is 49.8 Å². The van der Waals surface area contributed by atoms with Crippen molar-refractivity contribution in [2.75, 3.05) is 14.2 Å². The summed E-state index contributed by atoms with van der Waals surface area (Å²) in [6.07, 6.45) is 0.939. The molecule has 1 saturated heterocycles. The van der Waals surface area contributed by atoms with Crippen LogP contribution in [0.25, 0.3) is 22.3 Å². The van der Waals surface area contributed by atoms with Crippen molar-refractivity contribution in [1.29, 1.82) is 0 Å². The third-order valence-electron chi connectivity index (χ3n) is 11.1. The molecular formula is C49H57O3P. The Hall–Kier alpha value is -4.20. The Labute approximate surface area is 319 Å². The van der Waals surface area contributed by atoms with Crippen LogP contribution < -0.4 is 14.8 Å². The Morgan fingerprint density at radius 3 is 1.17 bits per heavy atom. The molecule has 2 atom stereocenters. The van der Waals surface area contributed by atoms with E-state index in [1.807, 2.05) is 12.1 Å². The molecule has 1 aliphatic rings. The van der Waals surface area contributed by atoms with Crippen LogP contribution in [0.2, 0.25) is 0 Å². The number of para-hydroxylation sites is 2. The van der Waals surface area contributed by atoms with Gasteiger partial charge in [0.1, 0.15) is 17.3 Å². The lowest BCUT2D eigenvalue weighted by atomic mass is 9.82. The molecule has 0 spiro atoms. The van der Waals surface area contributed by atoms with Crippen molar-refractivity contribution >= 4 is 19.0 Å². The van der Waals surface area contributed by atoms with Crippen LogP contribution in [-0.2, 0) is 4.79 Å². The highest BCUT2D eigenvalue weighted by atomic mass is 31.1. The minimum atomic E-state index is -1.11. The first-order valence-electron chi connectivity index (χ1n) is 19.4. The van der Waals surface area contributed by atoms with E-state index in [4.69, 9.17) is 9.47 Å². The number of ether oxygens (including phenoxy) is 2. The summed E-state index contributed by atoms with van der Waals surface area (Å²) in [6, 6.07) is 37.6.